The molecule has 0 fully saturated rings. The summed E-state index contributed by atoms with van der Waals surface area (Å²) < 4.78 is 10.4. The van der Waals surface area contributed by atoms with Crippen molar-refractivity contribution in [1.29, 1.82) is 5.26 Å². The maximum absolute atomic E-state index is 9.44. The van der Waals surface area contributed by atoms with E-state index < -0.39 is 0 Å². The lowest BCUT2D eigenvalue weighted by Crippen LogP contribution is -2.21. The van der Waals surface area contributed by atoms with Gasteiger partial charge < -0.3 is 5.32 Å². The molecule has 1 aromatic heterocycles. The lowest BCUT2D eigenvalue weighted by Gasteiger charge is -2.22. The number of fused-ring (bicyclic) bond motifs is 1. The van der Waals surface area contributed by atoms with Crippen molar-refractivity contribution in [3.8, 4) is 17.3 Å². The largest absolute Gasteiger partial charge is 0.369 e. The third-order valence-electron chi connectivity index (χ3n) is 3.26. The van der Waals surface area contributed by atoms with Gasteiger partial charge in [0.25, 0.3) is 0 Å². The molecule has 3 rings (SSSR count). The molecule has 19 heavy (non-hydrogen) atoms. The predicted octanol–water partition coefficient (Wildman–Crippen LogP) is 3.56. The highest BCUT2D eigenvalue weighted by atomic mass is 79.9. The molecule has 2 heterocycles. The van der Waals surface area contributed by atoms with E-state index in [2.05, 4.69) is 32.4 Å². The van der Waals surface area contributed by atoms with Crippen LogP contribution in [0.4, 0.5) is 5.82 Å². The summed E-state index contributed by atoms with van der Waals surface area (Å²) in [6.07, 6.45) is 0.864. The van der Waals surface area contributed by atoms with Crippen LogP contribution in [0.5, 0.6) is 0 Å². The summed E-state index contributed by atoms with van der Waals surface area (Å²) in [5, 5.41) is 17.2. The molecule has 5 heteroatoms. The summed E-state index contributed by atoms with van der Waals surface area (Å²) in [7, 11) is 0. The van der Waals surface area contributed by atoms with Crippen LogP contribution in [0.25, 0.3) is 11.3 Å². The second-order valence-electron chi connectivity index (χ2n) is 4.50. The van der Waals surface area contributed by atoms with Crippen LogP contribution in [-0.2, 0) is 0 Å². The second kappa shape index (κ2) is 4.71. The van der Waals surface area contributed by atoms with Gasteiger partial charge in [-0.25, -0.2) is 4.68 Å². The Hall–Kier alpha value is -1.80. The molecule has 1 aromatic carbocycles. The molecular formula is C14H13BrN4. The highest BCUT2D eigenvalue weighted by Crippen LogP contribution is 2.33. The van der Waals surface area contributed by atoms with E-state index in [1.165, 1.54) is 0 Å². The minimum absolute atomic E-state index is 0.0440. The quantitative estimate of drug-likeness (QED) is 0.875. The van der Waals surface area contributed by atoms with Crippen LogP contribution in [0, 0.1) is 11.3 Å². The van der Waals surface area contributed by atoms with E-state index in [0.29, 0.717) is 11.3 Å². The first kappa shape index (κ1) is 11.1. The number of benzene rings is 1. The predicted molar refractivity (Wildman–Crippen MR) is 77.9 cm³/mol. The Labute approximate surface area is 121 Å². The van der Waals surface area contributed by atoms with Gasteiger partial charge in [-0.15, -0.1) is 0 Å². The van der Waals surface area contributed by atoms with Crippen LogP contribution in [0.3, 0.4) is 0 Å². The van der Waals surface area contributed by atoms with E-state index in [1.807, 2.05) is 24.3 Å². The van der Waals surface area contributed by atoms with Crippen molar-refractivity contribution in [2.24, 2.45) is 0 Å². The van der Waals surface area contributed by atoms with Crippen molar-refractivity contribution in [2.75, 3.05) is 11.9 Å². The van der Waals surface area contributed by atoms with Crippen molar-refractivity contribution in [1.82, 2.24) is 9.78 Å². The molecule has 4 nitrogen and oxygen atoms in total. The summed E-state index contributed by atoms with van der Waals surface area (Å²) in [5.41, 5.74) is 2.16. The fourth-order valence-corrected chi connectivity index (χ4v) is 2.53. The van der Waals surface area contributed by atoms with E-state index in [0.717, 1.165) is 28.8 Å². The van der Waals surface area contributed by atoms with Gasteiger partial charge in [-0.3, -0.25) is 0 Å². The smallest absolute Gasteiger partial charge is 0.143 e. The van der Waals surface area contributed by atoms with Crippen molar-refractivity contribution in [3.05, 3.63) is 34.3 Å². The fraction of sp³-hybridized carbons (Fsp3) is 0.286. The Balaban J connectivity index is 2.15. The zero-order valence-electron chi connectivity index (χ0n) is 11.2. The van der Waals surface area contributed by atoms with E-state index in [4.69, 9.17) is 1.37 Å². The zero-order valence-corrected chi connectivity index (χ0v) is 11.8. The van der Waals surface area contributed by atoms with Crippen molar-refractivity contribution in [2.45, 2.75) is 19.4 Å². The Morgan fingerprint density at radius 1 is 1.53 bits per heavy atom. The molecule has 1 unspecified atom stereocenters. The van der Waals surface area contributed by atoms with Crippen molar-refractivity contribution >= 4 is 21.7 Å². The molecule has 0 spiro atoms. The average Bonchev–Trinajstić information content (AvgIpc) is 2.86. The number of nitrogens with zero attached hydrogens (tertiary/aromatic N) is 3. The third-order valence-corrected chi connectivity index (χ3v) is 3.78. The Morgan fingerprint density at radius 2 is 2.32 bits per heavy atom. The van der Waals surface area contributed by atoms with E-state index in [1.54, 1.807) is 4.68 Å². The molecular weight excluding hydrogens is 304 g/mol. The number of nitrogens with one attached hydrogen (secondary N) is 1. The Bertz CT molecular complexity index is 672. The summed E-state index contributed by atoms with van der Waals surface area (Å²) in [6, 6.07) is 10.0. The fourth-order valence-electron chi connectivity index (χ4n) is 2.26. The first-order valence-electron chi connectivity index (χ1n) is 6.77. The number of hydrogen-bond donors (Lipinski definition) is 1. The summed E-state index contributed by atoms with van der Waals surface area (Å²) in [5.74, 6) is 0.744. The highest BCUT2D eigenvalue weighted by molar-refractivity contribution is 9.10. The lowest BCUT2D eigenvalue weighted by molar-refractivity contribution is 0.454. The van der Waals surface area contributed by atoms with E-state index >= 15 is 0 Å². The summed E-state index contributed by atoms with van der Waals surface area (Å²) >= 11 is 3.40. The third kappa shape index (κ3) is 2.02. The number of hydrogen-bond acceptors (Lipinski definition) is 3. The van der Waals surface area contributed by atoms with Gasteiger partial charge in [0.15, 0.2) is 0 Å². The first-order chi connectivity index (χ1) is 9.74. The monoisotopic (exact) mass is 317 g/mol. The van der Waals surface area contributed by atoms with Crippen LogP contribution in [0.1, 0.15) is 26.3 Å². The van der Waals surface area contributed by atoms with Gasteiger partial charge in [0, 0.05) is 18.0 Å². The van der Waals surface area contributed by atoms with Crippen LogP contribution in [-0.4, -0.2) is 16.3 Å². The number of halogens is 1. The average molecular weight is 318 g/mol. The Kier molecular flexibility index (Phi) is 2.74. The van der Waals surface area contributed by atoms with Gasteiger partial charge in [0.05, 0.1) is 6.04 Å². The SMILES string of the molecule is [2H]CC1CCNc2c(C#N)c(-c3ccc(Br)cc3)nn21. The lowest BCUT2D eigenvalue weighted by atomic mass is 10.1. The normalized spacial score (nSPS) is 18.1. The molecule has 1 aliphatic heterocycles. The van der Waals surface area contributed by atoms with Gasteiger partial charge in [-0.1, -0.05) is 28.1 Å². The van der Waals surface area contributed by atoms with Crippen molar-refractivity contribution in [3.63, 3.8) is 0 Å². The topological polar surface area (TPSA) is 53.6 Å². The standard InChI is InChI=1S/C14H13BrN4/c1-9-6-7-17-14-12(8-16)13(18-19(9)14)10-2-4-11(15)5-3-10/h2-5,9,17H,6-7H2,1H3/i1D. The first-order valence-corrected chi connectivity index (χ1v) is 6.85. The van der Waals surface area contributed by atoms with E-state index in [-0.39, 0.29) is 12.9 Å². The molecule has 2 aromatic rings. The van der Waals surface area contributed by atoms with Crippen LogP contribution < -0.4 is 5.32 Å². The van der Waals surface area contributed by atoms with Crippen molar-refractivity contribution < 1.29 is 1.37 Å². The number of nitriles is 1. The molecule has 1 atom stereocenters. The molecule has 0 saturated carbocycles. The summed E-state index contributed by atoms with van der Waals surface area (Å²) in [6.45, 7) is 1.06. The maximum Gasteiger partial charge on any atom is 0.143 e. The molecule has 0 radical (unpaired) electrons. The van der Waals surface area contributed by atoms with Crippen LogP contribution in [0.2, 0.25) is 0 Å². The minimum atomic E-state index is 0.0440. The second-order valence-corrected chi connectivity index (χ2v) is 5.42. The molecule has 96 valence electrons. The molecule has 0 amide bonds. The highest BCUT2D eigenvalue weighted by Gasteiger charge is 2.24. The number of anilines is 1. The Morgan fingerprint density at radius 3 is 3.00 bits per heavy atom. The molecule has 1 N–H and O–H groups in total. The minimum Gasteiger partial charge on any atom is -0.369 e. The van der Waals surface area contributed by atoms with Gasteiger partial charge in [-0.05, 0) is 25.5 Å². The van der Waals surface area contributed by atoms with Gasteiger partial charge in [0.1, 0.15) is 23.1 Å². The van der Waals surface area contributed by atoms with Gasteiger partial charge >= 0.3 is 0 Å². The molecule has 0 bridgehead atoms. The molecule has 1 aliphatic rings. The zero-order chi connectivity index (χ0) is 14.1. The number of rotatable bonds is 1. The van der Waals surface area contributed by atoms with E-state index in [9.17, 15) is 5.26 Å². The number of aromatic nitrogens is 2. The van der Waals surface area contributed by atoms with Crippen LogP contribution >= 0.6 is 15.9 Å². The maximum atomic E-state index is 9.44. The van der Waals surface area contributed by atoms with Crippen LogP contribution in [0.15, 0.2) is 28.7 Å². The van der Waals surface area contributed by atoms with Gasteiger partial charge in [0.2, 0.25) is 0 Å². The van der Waals surface area contributed by atoms with Gasteiger partial charge in [-0.2, -0.15) is 10.4 Å². The molecule has 0 aliphatic carbocycles. The molecule has 0 saturated heterocycles. The summed E-state index contributed by atoms with van der Waals surface area (Å²) in [4.78, 5) is 0.